The lowest BCUT2D eigenvalue weighted by molar-refractivity contribution is -0.384. The number of amides is 2. The van der Waals surface area contributed by atoms with Gasteiger partial charge in [0.1, 0.15) is 0 Å². The van der Waals surface area contributed by atoms with Crippen molar-refractivity contribution in [3.05, 3.63) is 98.9 Å². The lowest BCUT2D eigenvalue weighted by Gasteiger charge is -2.15. The van der Waals surface area contributed by atoms with E-state index in [-0.39, 0.29) is 22.7 Å². The Morgan fingerprint density at radius 3 is 2.43 bits per heavy atom. The van der Waals surface area contributed by atoms with E-state index in [1.54, 1.807) is 41.8 Å². The summed E-state index contributed by atoms with van der Waals surface area (Å²) in [5.41, 5.74) is 0.414. The molecule has 1 aromatic heterocycles. The number of non-ortho nitro benzene ring substituents is 1. The number of benzene rings is 3. The number of nitro groups is 1. The lowest BCUT2D eigenvalue weighted by Crippen LogP contribution is -2.24. The zero-order chi connectivity index (χ0) is 30.4. The average molecular weight is 607 g/mol. The van der Waals surface area contributed by atoms with Crippen molar-refractivity contribution in [1.82, 2.24) is 4.98 Å². The second kappa shape index (κ2) is 13.1. The van der Waals surface area contributed by atoms with Crippen LogP contribution >= 0.6 is 23.1 Å². The van der Waals surface area contributed by atoms with E-state index in [2.05, 4.69) is 15.6 Å². The Bertz CT molecular complexity index is 1700. The Morgan fingerprint density at radius 2 is 1.74 bits per heavy atom. The van der Waals surface area contributed by atoms with E-state index < -0.39 is 33.6 Å². The molecule has 1 atom stereocenters. The summed E-state index contributed by atoms with van der Waals surface area (Å²) in [6, 6.07) is 15.9. The van der Waals surface area contributed by atoms with Gasteiger partial charge in [0.25, 0.3) is 11.6 Å². The predicted octanol–water partition coefficient (Wildman–Crippen LogP) is 5.88. The molecule has 1 unspecified atom stereocenters. The van der Waals surface area contributed by atoms with Crippen molar-refractivity contribution in [2.45, 2.75) is 23.5 Å². The number of aromatic nitrogens is 1. The van der Waals surface area contributed by atoms with Crippen molar-refractivity contribution in [1.29, 1.82) is 0 Å². The van der Waals surface area contributed by atoms with Gasteiger partial charge in [-0.1, -0.05) is 25.1 Å². The first kappa shape index (κ1) is 29.9. The van der Waals surface area contributed by atoms with Crippen molar-refractivity contribution in [3.8, 4) is 11.3 Å². The molecular formula is C28H22N4O8S2. The molecule has 12 nitrogen and oxygen atoms in total. The van der Waals surface area contributed by atoms with E-state index in [0.29, 0.717) is 33.4 Å². The molecule has 0 saturated carbocycles. The van der Waals surface area contributed by atoms with Crippen molar-refractivity contribution in [3.63, 3.8) is 0 Å². The van der Waals surface area contributed by atoms with Gasteiger partial charge in [-0.2, -0.15) is 0 Å². The van der Waals surface area contributed by atoms with Crippen LogP contribution in [0.4, 0.5) is 16.5 Å². The molecule has 2 amide bonds. The van der Waals surface area contributed by atoms with Crippen molar-refractivity contribution in [2.24, 2.45) is 0 Å². The summed E-state index contributed by atoms with van der Waals surface area (Å²) in [6.07, 6.45) is 0.466. The molecule has 0 fully saturated rings. The molecule has 14 heteroatoms. The summed E-state index contributed by atoms with van der Waals surface area (Å²) < 4.78 is 0. The van der Waals surface area contributed by atoms with Crippen LogP contribution in [0.3, 0.4) is 0 Å². The number of carboxylic acid groups (broad SMARTS) is 2. The maximum atomic E-state index is 13.0. The number of carbonyl (C=O) groups excluding carboxylic acids is 2. The third-order valence-electron chi connectivity index (χ3n) is 5.86. The number of rotatable bonds is 11. The minimum absolute atomic E-state index is 0.0645. The van der Waals surface area contributed by atoms with E-state index in [9.17, 15) is 34.4 Å². The average Bonchev–Trinajstić information content (AvgIpc) is 3.44. The Morgan fingerprint density at radius 1 is 0.976 bits per heavy atom. The molecule has 1 heterocycles. The van der Waals surface area contributed by atoms with Crippen molar-refractivity contribution < 1.29 is 34.3 Å². The second-order valence-corrected chi connectivity index (χ2v) is 10.8. The minimum atomic E-state index is -1.44. The summed E-state index contributed by atoms with van der Waals surface area (Å²) in [7, 11) is 0. The fourth-order valence-corrected chi connectivity index (χ4v) is 5.55. The van der Waals surface area contributed by atoms with E-state index in [4.69, 9.17) is 5.11 Å². The van der Waals surface area contributed by atoms with E-state index in [1.807, 2.05) is 6.92 Å². The normalized spacial score (nSPS) is 11.4. The van der Waals surface area contributed by atoms with Crippen LogP contribution in [0, 0.1) is 10.1 Å². The van der Waals surface area contributed by atoms with E-state index >= 15 is 0 Å². The van der Waals surface area contributed by atoms with Gasteiger partial charge in [-0.05, 0) is 42.8 Å². The minimum Gasteiger partial charge on any atom is -0.478 e. The van der Waals surface area contributed by atoms with Gasteiger partial charge in [-0.25, -0.2) is 14.6 Å². The summed E-state index contributed by atoms with van der Waals surface area (Å²) >= 11 is 2.44. The largest absolute Gasteiger partial charge is 0.478 e. The standard InChI is InChI=1S/C28H22N4O8S2/c1-2-23(25(34)31-28-30-22(14-41-28)15-5-3-7-18(11-15)32(39)40)42-19-8-4-6-17(13-19)29-24(33)20-10-9-16(26(35)36)12-21(20)27(37)38/h3-14,23H,2H2,1H3,(H,29,33)(H,35,36)(H,37,38)(H,30,31,34). The maximum Gasteiger partial charge on any atom is 0.336 e. The number of aromatic carboxylic acids is 2. The smallest absolute Gasteiger partial charge is 0.336 e. The van der Waals surface area contributed by atoms with Crippen LogP contribution in [0.5, 0.6) is 0 Å². The highest BCUT2D eigenvalue weighted by molar-refractivity contribution is 8.00. The molecule has 4 rings (SSSR count). The number of hydrogen-bond donors (Lipinski definition) is 4. The first-order valence-corrected chi connectivity index (χ1v) is 14.0. The number of nitrogens with zero attached hydrogens (tertiary/aromatic N) is 2. The topological polar surface area (TPSA) is 189 Å². The third-order valence-corrected chi connectivity index (χ3v) is 7.98. The van der Waals surface area contributed by atoms with Crippen LogP contribution in [0.1, 0.15) is 44.4 Å². The fourth-order valence-electron chi connectivity index (χ4n) is 3.81. The zero-order valence-corrected chi connectivity index (χ0v) is 23.4. The number of anilines is 2. The van der Waals surface area contributed by atoms with E-state index in [1.165, 1.54) is 35.2 Å². The molecule has 0 saturated heterocycles. The van der Waals surface area contributed by atoms with Gasteiger partial charge in [0, 0.05) is 33.7 Å². The highest BCUT2D eigenvalue weighted by atomic mass is 32.2. The molecule has 4 aromatic rings. The molecular weight excluding hydrogens is 584 g/mol. The van der Waals surface area contributed by atoms with Crippen molar-refractivity contribution in [2.75, 3.05) is 10.6 Å². The van der Waals surface area contributed by atoms with Crippen LogP contribution in [-0.4, -0.2) is 49.1 Å². The quantitative estimate of drug-likeness (QED) is 0.0912. The number of thioether (sulfide) groups is 1. The monoisotopic (exact) mass is 606 g/mol. The summed E-state index contributed by atoms with van der Waals surface area (Å²) in [4.78, 5) is 64.3. The maximum absolute atomic E-state index is 13.0. The molecule has 4 N–H and O–H groups in total. The summed E-state index contributed by atoms with van der Waals surface area (Å²) in [5.74, 6) is -3.80. The second-order valence-electron chi connectivity index (χ2n) is 8.70. The van der Waals surface area contributed by atoms with Gasteiger partial charge in [0.2, 0.25) is 5.91 Å². The van der Waals surface area contributed by atoms with Gasteiger partial charge in [0.05, 0.1) is 32.6 Å². The fraction of sp³-hybridized carbons (Fsp3) is 0.107. The summed E-state index contributed by atoms with van der Waals surface area (Å²) in [5, 5.41) is 36.6. The molecule has 0 aliphatic rings. The van der Waals surface area contributed by atoms with Crippen LogP contribution in [0.15, 0.2) is 77.0 Å². The van der Waals surface area contributed by atoms with Crippen LogP contribution < -0.4 is 10.6 Å². The lowest BCUT2D eigenvalue weighted by atomic mass is 10.0. The van der Waals surface area contributed by atoms with Gasteiger partial charge in [-0.15, -0.1) is 23.1 Å². The predicted molar refractivity (Wildman–Crippen MR) is 158 cm³/mol. The molecule has 42 heavy (non-hydrogen) atoms. The molecule has 0 aliphatic heterocycles. The van der Waals surface area contributed by atoms with E-state index in [0.717, 1.165) is 18.2 Å². The molecule has 0 aliphatic carbocycles. The van der Waals surface area contributed by atoms with Crippen molar-refractivity contribution >= 4 is 63.4 Å². The van der Waals surface area contributed by atoms with Crippen LogP contribution in [-0.2, 0) is 4.79 Å². The Balaban J connectivity index is 1.44. The molecule has 0 spiro atoms. The summed E-state index contributed by atoms with van der Waals surface area (Å²) in [6.45, 7) is 1.84. The Kier molecular flexibility index (Phi) is 9.29. The first-order valence-electron chi connectivity index (χ1n) is 12.3. The third kappa shape index (κ3) is 7.16. The number of carbonyl (C=O) groups is 4. The Labute approximate surface area is 246 Å². The molecule has 214 valence electrons. The molecule has 3 aromatic carbocycles. The SMILES string of the molecule is CCC(Sc1cccc(NC(=O)c2ccc(C(=O)O)cc2C(=O)O)c1)C(=O)Nc1nc(-c2cccc([N+](=O)[O-])c2)cs1. The van der Waals surface area contributed by atoms with Crippen LogP contribution in [0.25, 0.3) is 11.3 Å². The Hall–Kier alpha value is -5.08. The van der Waals surface area contributed by atoms with Gasteiger partial charge < -0.3 is 20.8 Å². The highest BCUT2D eigenvalue weighted by Gasteiger charge is 2.22. The van der Waals surface area contributed by atoms with Gasteiger partial charge in [0.15, 0.2) is 5.13 Å². The number of nitrogens with one attached hydrogen (secondary N) is 2. The number of hydrogen-bond acceptors (Lipinski definition) is 9. The van der Waals surface area contributed by atoms with Gasteiger partial charge in [-0.3, -0.25) is 19.7 Å². The first-order chi connectivity index (χ1) is 20.0. The molecule has 0 radical (unpaired) electrons. The van der Waals surface area contributed by atoms with Crippen LogP contribution in [0.2, 0.25) is 0 Å². The highest BCUT2D eigenvalue weighted by Crippen LogP contribution is 2.31. The number of nitro benzene ring substituents is 1. The number of carboxylic acids is 2. The number of thiazole rings is 1. The zero-order valence-electron chi connectivity index (χ0n) is 21.8. The molecule has 0 bridgehead atoms. The van der Waals surface area contributed by atoms with Gasteiger partial charge >= 0.3 is 11.9 Å².